The highest BCUT2D eigenvalue weighted by molar-refractivity contribution is 5.90. The topological polar surface area (TPSA) is 71.1 Å². The average molecular weight is 394 g/mol. The van der Waals surface area contributed by atoms with Crippen LogP contribution in [0.25, 0.3) is 6.08 Å². The molecule has 4 rings (SSSR count). The zero-order chi connectivity index (χ0) is 20.4. The minimum absolute atomic E-state index is 0.199. The lowest BCUT2D eigenvalue weighted by atomic mass is 10.1. The maximum absolute atomic E-state index is 12.4. The Hall–Kier alpha value is -2.96. The van der Waals surface area contributed by atoms with E-state index in [2.05, 4.69) is 6.58 Å². The number of ether oxygens (including phenoxy) is 4. The molecule has 0 spiro atoms. The first kappa shape index (κ1) is 19.4. The molecule has 0 radical (unpaired) electrons. The van der Waals surface area contributed by atoms with E-state index in [1.54, 1.807) is 42.5 Å². The molecule has 2 heterocycles. The highest BCUT2D eigenvalue weighted by Gasteiger charge is 2.51. The molecule has 2 aromatic carbocycles. The summed E-state index contributed by atoms with van der Waals surface area (Å²) >= 11 is 0. The van der Waals surface area contributed by atoms with Crippen molar-refractivity contribution in [1.29, 1.82) is 0 Å². The molecule has 0 bridgehead atoms. The number of fused-ring (bicyclic) bond motifs is 1. The highest BCUT2D eigenvalue weighted by atomic mass is 16.7. The van der Waals surface area contributed by atoms with Crippen molar-refractivity contribution in [3.05, 3.63) is 77.4 Å². The molecular formula is C23H22O6. The van der Waals surface area contributed by atoms with Crippen LogP contribution in [0, 0.1) is 6.92 Å². The second-order valence-electron chi connectivity index (χ2n) is 7.18. The summed E-state index contributed by atoms with van der Waals surface area (Å²) in [6, 6.07) is 14.1. The molecule has 150 valence electrons. The Morgan fingerprint density at radius 3 is 1.76 bits per heavy atom. The summed E-state index contributed by atoms with van der Waals surface area (Å²) in [4.78, 5) is 24.8. The van der Waals surface area contributed by atoms with Gasteiger partial charge in [0.15, 0.2) is 12.2 Å². The van der Waals surface area contributed by atoms with Gasteiger partial charge in [0.1, 0.15) is 12.2 Å². The molecule has 2 aromatic rings. The van der Waals surface area contributed by atoms with Crippen molar-refractivity contribution < 1.29 is 28.5 Å². The lowest BCUT2D eigenvalue weighted by Gasteiger charge is -2.17. The van der Waals surface area contributed by atoms with E-state index < -0.39 is 36.4 Å². The predicted molar refractivity (Wildman–Crippen MR) is 106 cm³/mol. The fourth-order valence-corrected chi connectivity index (χ4v) is 3.49. The van der Waals surface area contributed by atoms with Crippen molar-refractivity contribution in [2.75, 3.05) is 13.2 Å². The van der Waals surface area contributed by atoms with Crippen LogP contribution in [0.3, 0.4) is 0 Å². The Kier molecular flexibility index (Phi) is 5.47. The maximum Gasteiger partial charge on any atom is 0.338 e. The fourth-order valence-electron chi connectivity index (χ4n) is 3.49. The normalized spacial score (nSPS) is 25.3. The minimum Gasteiger partial charge on any atom is -0.453 e. The lowest BCUT2D eigenvalue weighted by Crippen LogP contribution is -2.36. The number of carbonyl (C=O) groups is 2. The lowest BCUT2D eigenvalue weighted by molar-refractivity contribution is -0.0287. The van der Waals surface area contributed by atoms with Gasteiger partial charge in [-0.25, -0.2) is 9.59 Å². The van der Waals surface area contributed by atoms with Gasteiger partial charge in [0, 0.05) is 0 Å². The van der Waals surface area contributed by atoms with E-state index in [9.17, 15) is 9.59 Å². The van der Waals surface area contributed by atoms with Crippen molar-refractivity contribution in [3.8, 4) is 0 Å². The fraction of sp³-hybridized carbons (Fsp3) is 0.304. The molecule has 0 N–H and O–H groups in total. The number of aryl methyl sites for hydroxylation is 1. The zero-order valence-corrected chi connectivity index (χ0v) is 16.1. The van der Waals surface area contributed by atoms with E-state index in [0.29, 0.717) is 11.1 Å². The Labute approximate surface area is 169 Å². The molecule has 2 saturated heterocycles. The molecule has 6 heteroatoms. The van der Waals surface area contributed by atoms with Crippen LogP contribution in [-0.2, 0) is 18.9 Å². The molecular weight excluding hydrogens is 372 g/mol. The van der Waals surface area contributed by atoms with Gasteiger partial charge in [-0.15, -0.1) is 0 Å². The van der Waals surface area contributed by atoms with Crippen LogP contribution in [0.4, 0.5) is 0 Å². The van der Waals surface area contributed by atoms with Gasteiger partial charge in [0.25, 0.3) is 0 Å². The van der Waals surface area contributed by atoms with Crippen molar-refractivity contribution >= 4 is 18.0 Å². The van der Waals surface area contributed by atoms with Gasteiger partial charge >= 0.3 is 11.9 Å². The third-order valence-corrected chi connectivity index (χ3v) is 5.15. The molecule has 0 amide bonds. The number of carbonyl (C=O) groups excluding carboxylic acids is 2. The van der Waals surface area contributed by atoms with Crippen LogP contribution in [0.2, 0.25) is 0 Å². The summed E-state index contributed by atoms with van der Waals surface area (Å²) in [6.07, 6.45) is -0.291. The van der Waals surface area contributed by atoms with Gasteiger partial charge in [0.05, 0.1) is 24.3 Å². The van der Waals surface area contributed by atoms with Crippen LogP contribution in [0.1, 0.15) is 31.8 Å². The molecule has 2 fully saturated rings. The summed E-state index contributed by atoms with van der Waals surface area (Å²) in [7, 11) is 0. The second kappa shape index (κ2) is 8.19. The van der Waals surface area contributed by atoms with E-state index in [-0.39, 0.29) is 13.2 Å². The second-order valence-corrected chi connectivity index (χ2v) is 7.18. The molecule has 0 aromatic heterocycles. The SMILES string of the molecule is C=Cc1ccc(C(=O)OC2COC3C(OC(=O)c4ccc(C)cc4)COC23)cc1. The molecule has 6 nitrogen and oxygen atoms in total. The summed E-state index contributed by atoms with van der Waals surface area (Å²) in [5.74, 6) is -0.871. The summed E-state index contributed by atoms with van der Waals surface area (Å²) in [5, 5.41) is 0. The van der Waals surface area contributed by atoms with Crippen LogP contribution in [0.5, 0.6) is 0 Å². The minimum atomic E-state index is -0.547. The predicted octanol–water partition coefficient (Wildman–Crippen LogP) is 3.19. The van der Waals surface area contributed by atoms with Gasteiger partial charge in [-0.2, -0.15) is 0 Å². The number of rotatable bonds is 5. The third-order valence-electron chi connectivity index (χ3n) is 5.15. The number of benzene rings is 2. The van der Waals surface area contributed by atoms with Gasteiger partial charge in [0.2, 0.25) is 0 Å². The first-order valence-corrected chi connectivity index (χ1v) is 9.49. The summed E-state index contributed by atoms with van der Waals surface area (Å²) in [6.45, 7) is 6.04. The largest absolute Gasteiger partial charge is 0.453 e. The van der Waals surface area contributed by atoms with Gasteiger partial charge in [-0.05, 0) is 36.8 Å². The Balaban J connectivity index is 1.35. The number of hydrogen-bond donors (Lipinski definition) is 0. The molecule has 0 aliphatic carbocycles. The first-order valence-electron chi connectivity index (χ1n) is 9.49. The van der Waals surface area contributed by atoms with Crippen molar-refractivity contribution in [2.24, 2.45) is 0 Å². The highest BCUT2D eigenvalue weighted by Crippen LogP contribution is 2.31. The van der Waals surface area contributed by atoms with Gasteiger partial charge < -0.3 is 18.9 Å². The van der Waals surface area contributed by atoms with Crippen LogP contribution < -0.4 is 0 Å². The van der Waals surface area contributed by atoms with E-state index in [0.717, 1.165) is 11.1 Å². The van der Waals surface area contributed by atoms with Crippen molar-refractivity contribution in [3.63, 3.8) is 0 Å². The third kappa shape index (κ3) is 4.09. The molecule has 4 atom stereocenters. The smallest absolute Gasteiger partial charge is 0.338 e. The van der Waals surface area contributed by atoms with Crippen LogP contribution in [0.15, 0.2) is 55.1 Å². The van der Waals surface area contributed by atoms with Crippen molar-refractivity contribution in [1.82, 2.24) is 0 Å². The van der Waals surface area contributed by atoms with E-state index in [4.69, 9.17) is 18.9 Å². The summed E-state index contributed by atoms with van der Waals surface area (Å²) in [5.41, 5.74) is 2.90. The zero-order valence-electron chi connectivity index (χ0n) is 16.1. The quantitative estimate of drug-likeness (QED) is 0.726. The molecule has 29 heavy (non-hydrogen) atoms. The average Bonchev–Trinajstić information content (AvgIpc) is 3.32. The van der Waals surface area contributed by atoms with Crippen LogP contribution in [-0.4, -0.2) is 49.6 Å². The summed E-state index contributed by atoms with van der Waals surface area (Å²) < 4.78 is 22.6. The monoisotopic (exact) mass is 394 g/mol. The Morgan fingerprint density at radius 2 is 1.31 bits per heavy atom. The van der Waals surface area contributed by atoms with Gasteiger partial charge in [-0.3, -0.25) is 0 Å². The molecule has 4 unspecified atom stereocenters. The maximum atomic E-state index is 12.4. The molecule has 2 aliphatic heterocycles. The number of esters is 2. The van der Waals surface area contributed by atoms with Crippen molar-refractivity contribution in [2.45, 2.75) is 31.3 Å². The first-order chi connectivity index (χ1) is 14.0. The van der Waals surface area contributed by atoms with E-state index >= 15 is 0 Å². The molecule has 2 aliphatic rings. The van der Waals surface area contributed by atoms with E-state index in [1.807, 2.05) is 19.1 Å². The Morgan fingerprint density at radius 1 is 0.862 bits per heavy atom. The van der Waals surface area contributed by atoms with E-state index in [1.165, 1.54) is 0 Å². The van der Waals surface area contributed by atoms with Gasteiger partial charge in [-0.1, -0.05) is 42.5 Å². The van der Waals surface area contributed by atoms with Crippen LogP contribution >= 0.6 is 0 Å². The number of hydrogen-bond acceptors (Lipinski definition) is 6. The standard InChI is InChI=1S/C23H22O6/c1-3-15-6-10-17(11-7-15)23(25)29-19-13-27-20-18(12-26-21(19)20)28-22(24)16-8-4-14(2)5-9-16/h3-11,18-21H,1,12-13H2,2H3. The Bertz CT molecular complexity index is 902. The molecule has 0 saturated carbocycles.